The lowest BCUT2D eigenvalue weighted by Crippen LogP contribution is -2.01. The Hall–Kier alpha value is -1.39. The van der Waals surface area contributed by atoms with Gasteiger partial charge < -0.3 is 10.5 Å². The molecule has 2 aromatic rings. The summed E-state index contributed by atoms with van der Waals surface area (Å²) in [4.78, 5) is 5.90. The van der Waals surface area contributed by atoms with Gasteiger partial charge in [0.1, 0.15) is 5.75 Å². The fraction of sp³-hybridized carbons (Fsp3) is 0.357. The topological polar surface area (TPSA) is 48.1 Å². The normalized spacial score (nSPS) is 10.6. The minimum Gasteiger partial charge on any atom is -0.496 e. The fourth-order valence-corrected chi connectivity index (χ4v) is 3.05. The molecule has 0 aliphatic rings. The molecular formula is C14H18N2OS. The Kier molecular flexibility index (Phi) is 4.33. The van der Waals surface area contributed by atoms with E-state index in [9.17, 15) is 0 Å². The zero-order valence-corrected chi connectivity index (χ0v) is 11.6. The van der Waals surface area contributed by atoms with E-state index in [1.165, 1.54) is 10.4 Å². The zero-order chi connectivity index (χ0) is 13.0. The molecule has 0 radical (unpaired) electrons. The van der Waals surface area contributed by atoms with Crippen LogP contribution >= 0.6 is 11.3 Å². The first-order valence-corrected chi connectivity index (χ1v) is 6.83. The molecule has 96 valence electrons. The van der Waals surface area contributed by atoms with E-state index in [1.807, 2.05) is 25.1 Å². The first-order valence-electron chi connectivity index (χ1n) is 6.01. The van der Waals surface area contributed by atoms with Gasteiger partial charge in [-0.15, -0.1) is 11.3 Å². The monoisotopic (exact) mass is 262 g/mol. The number of hydrogen-bond acceptors (Lipinski definition) is 4. The number of rotatable bonds is 5. The highest BCUT2D eigenvalue weighted by Crippen LogP contribution is 2.25. The van der Waals surface area contributed by atoms with Crippen molar-refractivity contribution in [1.82, 2.24) is 4.98 Å². The highest BCUT2D eigenvalue weighted by molar-refractivity contribution is 7.11. The van der Waals surface area contributed by atoms with E-state index in [4.69, 9.17) is 10.5 Å². The van der Waals surface area contributed by atoms with Crippen molar-refractivity contribution in [1.29, 1.82) is 0 Å². The second-order valence-electron chi connectivity index (χ2n) is 4.14. The summed E-state index contributed by atoms with van der Waals surface area (Å²) >= 11 is 1.75. The van der Waals surface area contributed by atoms with Crippen LogP contribution in [-0.2, 0) is 12.8 Å². The Morgan fingerprint density at radius 2 is 2.11 bits per heavy atom. The molecule has 2 rings (SSSR count). The number of nitrogens with zero attached hydrogens (tertiary/aromatic N) is 1. The molecule has 0 unspecified atom stereocenters. The Morgan fingerprint density at radius 1 is 1.33 bits per heavy atom. The predicted molar refractivity (Wildman–Crippen MR) is 75.4 cm³/mol. The minimum absolute atomic E-state index is 0.678. The van der Waals surface area contributed by atoms with Crippen LogP contribution < -0.4 is 10.5 Å². The molecule has 3 nitrogen and oxygen atoms in total. The average molecular weight is 262 g/mol. The summed E-state index contributed by atoms with van der Waals surface area (Å²) < 4.78 is 5.36. The lowest BCUT2D eigenvalue weighted by molar-refractivity contribution is 0.410. The van der Waals surface area contributed by atoms with Crippen LogP contribution in [0, 0.1) is 6.92 Å². The van der Waals surface area contributed by atoms with Crippen LogP contribution in [0.4, 0.5) is 0 Å². The summed E-state index contributed by atoms with van der Waals surface area (Å²) in [7, 11) is 1.70. The van der Waals surface area contributed by atoms with Gasteiger partial charge >= 0.3 is 0 Å². The third-order valence-electron chi connectivity index (χ3n) is 2.84. The van der Waals surface area contributed by atoms with Crippen LogP contribution in [0.2, 0.25) is 0 Å². The van der Waals surface area contributed by atoms with Crippen LogP contribution in [0.25, 0.3) is 0 Å². The Bertz CT molecular complexity index is 522. The van der Waals surface area contributed by atoms with Gasteiger partial charge in [0.15, 0.2) is 0 Å². The van der Waals surface area contributed by atoms with E-state index in [0.29, 0.717) is 6.54 Å². The summed E-state index contributed by atoms with van der Waals surface area (Å²) in [5.74, 6) is 0.922. The van der Waals surface area contributed by atoms with Crippen LogP contribution in [0.15, 0.2) is 24.3 Å². The number of aryl methyl sites for hydroxylation is 1. The van der Waals surface area contributed by atoms with Crippen molar-refractivity contribution in [2.24, 2.45) is 5.73 Å². The molecule has 18 heavy (non-hydrogen) atoms. The van der Waals surface area contributed by atoms with Gasteiger partial charge in [-0.1, -0.05) is 18.2 Å². The molecule has 0 atom stereocenters. The first-order chi connectivity index (χ1) is 8.74. The van der Waals surface area contributed by atoms with E-state index in [1.54, 1.807) is 18.4 Å². The van der Waals surface area contributed by atoms with Gasteiger partial charge in [0.25, 0.3) is 0 Å². The number of para-hydroxylation sites is 1. The van der Waals surface area contributed by atoms with Crippen molar-refractivity contribution < 1.29 is 4.74 Å². The van der Waals surface area contributed by atoms with Gasteiger partial charge in [0.2, 0.25) is 0 Å². The summed E-state index contributed by atoms with van der Waals surface area (Å²) in [6.07, 6.45) is 1.73. The number of ether oxygens (including phenoxy) is 1. The second-order valence-corrected chi connectivity index (χ2v) is 5.31. The molecular weight excluding hydrogens is 244 g/mol. The van der Waals surface area contributed by atoms with Gasteiger partial charge in [-0.2, -0.15) is 0 Å². The van der Waals surface area contributed by atoms with Gasteiger partial charge in [-0.3, -0.25) is 0 Å². The quantitative estimate of drug-likeness (QED) is 0.901. The van der Waals surface area contributed by atoms with Crippen LogP contribution in [0.5, 0.6) is 5.75 Å². The number of nitrogens with two attached hydrogens (primary N) is 1. The first kappa shape index (κ1) is 13.1. The average Bonchev–Trinajstić information content (AvgIpc) is 2.71. The van der Waals surface area contributed by atoms with Crippen molar-refractivity contribution in [3.8, 4) is 5.75 Å². The van der Waals surface area contributed by atoms with E-state index in [2.05, 4.69) is 11.1 Å². The molecule has 0 aliphatic heterocycles. The number of thiazole rings is 1. The summed E-state index contributed by atoms with van der Waals surface area (Å²) in [6, 6.07) is 8.07. The largest absolute Gasteiger partial charge is 0.496 e. The molecule has 0 fully saturated rings. The maximum Gasteiger partial charge on any atom is 0.122 e. The van der Waals surface area contributed by atoms with Crippen molar-refractivity contribution in [2.45, 2.75) is 19.8 Å². The van der Waals surface area contributed by atoms with Crippen molar-refractivity contribution in [3.05, 3.63) is 45.4 Å². The van der Waals surface area contributed by atoms with Gasteiger partial charge in [0.05, 0.1) is 17.8 Å². The molecule has 4 heteroatoms. The summed E-state index contributed by atoms with van der Waals surface area (Å²) in [5.41, 5.74) is 7.88. The van der Waals surface area contributed by atoms with Gasteiger partial charge in [-0.05, 0) is 26.0 Å². The highest BCUT2D eigenvalue weighted by atomic mass is 32.1. The Morgan fingerprint density at radius 3 is 2.83 bits per heavy atom. The van der Waals surface area contributed by atoms with Crippen molar-refractivity contribution in [3.63, 3.8) is 0 Å². The van der Waals surface area contributed by atoms with Crippen LogP contribution in [0.1, 0.15) is 21.1 Å². The van der Waals surface area contributed by atoms with Crippen LogP contribution in [-0.4, -0.2) is 18.6 Å². The molecule has 0 spiro atoms. The smallest absolute Gasteiger partial charge is 0.122 e. The van der Waals surface area contributed by atoms with E-state index in [0.717, 1.165) is 29.3 Å². The maximum atomic E-state index is 5.60. The standard InChI is InChI=1S/C14H18N2OS/c1-10-13(7-8-15)18-14(16-10)9-11-5-3-4-6-12(11)17-2/h3-6H,7-9,15H2,1-2H3. The van der Waals surface area contributed by atoms with E-state index < -0.39 is 0 Å². The lowest BCUT2D eigenvalue weighted by atomic mass is 10.1. The SMILES string of the molecule is COc1ccccc1Cc1nc(C)c(CCN)s1. The van der Waals surface area contributed by atoms with E-state index >= 15 is 0 Å². The number of aromatic nitrogens is 1. The van der Waals surface area contributed by atoms with Crippen molar-refractivity contribution >= 4 is 11.3 Å². The van der Waals surface area contributed by atoms with Gasteiger partial charge in [0, 0.05) is 16.9 Å². The van der Waals surface area contributed by atoms with Gasteiger partial charge in [-0.25, -0.2) is 4.98 Å². The third-order valence-corrected chi connectivity index (χ3v) is 4.06. The molecule has 0 bridgehead atoms. The Balaban J connectivity index is 2.20. The van der Waals surface area contributed by atoms with Crippen LogP contribution in [0.3, 0.4) is 0 Å². The molecule has 1 aromatic carbocycles. The summed E-state index contributed by atoms with van der Waals surface area (Å²) in [5, 5.41) is 1.13. The van der Waals surface area contributed by atoms with E-state index in [-0.39, 0.29) is 0 Å². The molecule has 0 amide bonds. The number of methoxy groups -OCH3 is 1. The Labute approximate surface area is 112 Å². The molecule has 0 saturated carbocycles. The molecule has 0 aliphatic carbocycles. The summed E-state index contributed by atoms with van der Waals surface area (Å²) in [6.45, 7) is 2.73. The molecule has 1 heterocycles. The van der Waals surface area contributed by atoms with Crippen molar-refractivity contribution in [2.75, 3.05) is 13.7 Å². The molecule has 1 aromatic heterocycles. The maximum absolute atomic E-state index is 5.60. The fourth-order valence-electron chi connectivity index (χ4n) is 1.94. The molecule has 2 N–H and O–H groups in total. The zero-order valence-electron chi connectivity index (χ0n) is 10.8. The number of hydrogen-bond donors (Lipinski definition) is 1. The lowest BCUT2D eigenvalue weighted by Gasteiger charge is -2.05. The molecule has 0 saturated heterocycles. The predicted octanol–water partition coefficient (Wildman–Crippen LogP) is 2.55. The third kappa shape index (κ3) is 2.89. The second kappa shape index (κ2) is 5.98. The highest BCUT2D eigenvalue weighted by Gasteiger charge is 2.09. The minimum atomic E-state index is 0.678. The number of benzene rings is 1.